The number of aromatic nitrogens is 1. The zero-order chi connectivity index (χ0) is 13.4. The second-order valence-electron chi connectivity index (χ2n) is 4.79. The molecule has 0 saturated carbocycles. The molecule has 5 nitrogen and oxygen atoms in total. The molecule has 1 aromatic carbocycles. The van der Waals surface area contributed by atoms with Gasteiger partial charge >= 0.3 is 5.76 Å². The fraction of sp³-hybridized carbons (Fsp3) is 0.462. The molecular weight excluding hydrogens is 268 g/mol. The number of halogens is 1. The number of rotatable bonds is 2. The maximum atomic E-state index is 11.9. The van der Waals surface area contributed by atoms with E-state index in [0.717, 1.165) is 12.1 Å². The fourth-order valence-corrected chi connectivity index (χ4v) is 2.49. The van der Waals surface area contributed by atoms with Crippen LogP contribution in [0.1, 0.15) is 6.92 Å². The van der Waals surface area contributed by atoms with E-state index in [-0.39, 0.29) is 11.8 Å². The first-order chi connectivity index (χ1) is 9.15. The molecule has 19 heavy (non-hydrogen) atoms. The molecular formula is C13H15ClN2O3. The average Bonchev–Trinajstić information content (AvgIpc) is 2.68. The summed E-state index contributed by atoms with van der Waals surface area (Å²) in [6, 6.07) is 5.53. The van der Waals surface area contributed by atoms with Crippen LogP contribution in [0.15, 0.2) is 27.4 Å². The Labute approximate surface area is 115 Å². The van der Waals surface area contributed by atoms with Crippen molar-refractivity contribution in [3.05, 3.63) is 33.8 Å². The van der Waals surface area contributed by atoms with Crippen LogP contribution in [-0.4, -0.2) is 35.3 Å². The van der Waals surface area contributed by atoms with Gasteiger partial charge in [0.15, 0.2) is 5.58 Å². The van der Waals surface area contributed by atoms with E-state index in [9.17, 15) is 4.79 Å². The van der Waals surface area contributed by atoms with Crippen LogP contribution >= 0.6 is 11.6 Å². The molecule has 1 atom stereocenters. The second kappa shape index (κ2) is 5.00. The standard InChI is InChI=1S/C13H15ClN2O3/c1-9-7-18-5-4-15(9)8-16-11-3-2-10(14)6-12(11)19-13(16)17/h2-3,6,9H,4-5,7-8H2,1H3/t9-/m0/s1. The Morgan fingerprint density at radius 2 is 2.32 bits per heavy atom. The van der Waals surface area contributed by atoms with Crippen molar-refractivity contribution in [3.8, 4) is 0 Å². The van der Waals surface area contributed by atoms with Gasteiger partial charge in [0.25, 0.3) is 0 Å². The normalized spacial score (nSPS) is 21.1. The molecule has 0 amide bonds. The van der Waals surface area contributed by atoms with Crippen LogP contribution in [0.5, 0.6) is 0 Å². The van der Waals surface area contributed by atoms with Crippen molar-refractivity contribution >= 4 is 22.7 Å². The molecule has 0 spiro atoms. The molecule has 102 valence electrons. The van der Waals surface area contributed by atoms with E-state index in [1.165, 1.54) is 0 Å². The first-order valence-electron chi connectivity index (χ1n) is 6.26. The van der Waals surface area contributed by atoms with E-state index in [1.807, 2.05) is 6.07 Å². The molecule has 3 rings (SSSR count). The van der Waals surface area contributed by atoms with Gasteiger partial charge in [0.2, 0.25) is 0 Å². The van der Waals surface area contributed by atoms with Gasteiger partial charge in [0.1, 0.15) is 0 Å². The second-order valence-corrected chi connectivity index (χ2v) is 5.22. The van der Waals surface area contributed by atoms with Crippen molar-refractivity contribution in [1.29, 1.82) is 0 Å². The minimum Gasteiger partial charge on any atom is -0.408 e. The van der Waals surface area contributed by atoms with E-state index in [4.69, 9.17) is 20.8 Å². The molecule has 0 radical (unpaired) electrons. The van der Waals surface area contributed by atoms with Gasteiger partial charge in [0, 0.05) is 23.7 Å². The predicted octanol–water partition coefficient (Wildman–Crippen LogP) is 1.93. The summed E-state index contributed by atoms with van der Waals surface area (Å²) in [6.45, 7) is 4.80. The summed E-state index contributed by atoms with van der Waals surface area (Å²) in [6.07, 6.45) is 0. The third kappa shape index (κ3) is 2.41. The van der Waals surface area contributed by atoms with Gasteiger partial charge in [0.05, 0.1) is 25.4 Å². The number of nitrogens with zero attached hydrogens (tertiary/aromatic N) is 2. The molecule has 2 heterocycles. The Morgan fingerprint density at radius 1 is 1.47 bits per heavy atom. The van der Waals surface area contributed by atoms with Crippen molar-refractivity contribution in [2.24, 2.45) is 0 Å². The summed E-state index contributed by atoms with van der Waals surface area (Å²) in [5.74, 6) is -0.351. The maximum absolute atomic E-state index is 11.9. The summed E-state index contributed by atoms with van der Waals surface area (Å²) in [5.41, 5.74) is 1.30. The number of morpholine rings is 1. The van der Waals surface area contributed by atoms with Crippen molar-refractivity contribution in [2.45, 2.75) is 19.6 Å². The molecule has 6 heteroatoms. The Kier molecular flexibility index (Phi) is 3.35. The first-order valence-corrected chi connectivity index (χ1v) is 6.63. The van der Waals surface area contributed by atoms with Crippen LogP contribution in [0.4, 0.5) is 0 Å². The van der Waals surface area contributed by atoms with Crippen molar-refractivity contribution < 1.29 is 9.15 Å². The van der Waals surface area contributed by atoms with Gasteiger partial charge in [-0.2, -0.15) is 0 Å². The van der Waals surface area contributed by atoms with E-state index in [1.54, 1.807) is 16.7 Å². The Morgan fingerprint density at radius 3 is 3.11 bits per heavy atom. The van der Waals surface area contributed by atoms with E-state index < -0.39 is 0 Å². The third-order valence-corrected chi connectivity index (χ3v) is 3.69. The third-order valence-electron chi connectivity index (χ3n) is 3.46. The highest BCUT2D eigenvalue weighted by Crippen LogP contribution is 2.19. The topological polar surface area (TPSA) is 47.6 Å². The summed E-state index contributed by atoms with van der Waals surface area (Å²) >= 11 is 5.90. The molecule has 0 bridgehead atoms. The highest BCUT2D eigenvalue weighted by Gasteiger charge is 2.21. The minimum absolute atomic E-state index is 0.290. The Balaban J connectivity index is 1.96. The van der Waals surface area contributed by atoms with E-state index >= 15 is 0 Å². The summed E-state index contributed by atoms with van der Waals surface area (Å²) < 4.78 is 12.2. The summed E-state index contributed by atoms with van der Waals surface area (Å²) in [7, 11) is 0. The van der Waals surface area contributed by atoms with Gasteiger partial charge < -0.3 is 9.15 Å². The molecule has 1 fully saturated rings. The van der Waals surface area contributed by atoms with Crippen LogP contribution in [0.3, 0.4) is 0 Å². The number of hydrogen-bond acceptors (Lipinski definition) is 4. The van der Waals surface area contributed by atoms with Crippen molar-refractivity contribution in [1.82, 2.24) is 9.47 Å². The zero-order valence-electron chi connectivity index (χ0n) is 10.6. The molecule has 1 aromatic heterocycles. The van der Waals surface area contributed by atoms with E-state index in [0.29, 0.717) is 30.5 Å². The van der Waals surface area contributed by atoms with Gasteiger partial charge in [-0.1, -0.05) is 11.6 Å². The Bertz CT molecular complexity index is 649. The molecule has 0 N–H and O–H groups in total. The molecule has 2 aromatic rings. The average molecular weight is 283 g/mol. The molecule has 1 aliphatic rings. The smallest absolute Gasteiger partial charge is 0.408 e. The zero-order valence-corrected chi connectivity index (χ0v) is 11.4. The Hall–Kier alpha value is -1.30. The van der Waals surface area contributed by atoms with Crippen molar-refractivity contribution in [2.75, 3.05) is 19.8 Å². The minimum atomic E-state index is -0.351. The van der Waals surface area contributed by atoms with Crippen LogP contribution in [-0.2, 0) is 11.4 Å². The lowest BCUT2D eigenvalue weighted by Gasteiger charge is -2.32. The number of fused-ring (bicyclic) bond motifs is 1. The number of ether oxygens (including phenoxy) is 1. The quantitative estimate of drug-likeness (QED) is 0.844. The van der Waals surface area contributed by atoms with Crippen LogP contribution in [0, 0.1) is 0 Å². The molecule has 0 aliphatic carbocycles. The lowest BCUT2D eigenvalue weighted by Crippen LogP contribution is -2.45. The number of benzene rings is 1. The highest BCUT2D eigenvalue weighted by molar-refractivity contribution is 6.31. The summed E-state index contributed by atoms with van der Waals surface area (Å²) in [5, 5.41) is 0.563. The molecule has 0 unspecified atom stereocenters. The lowest BCUT2D eigenvalue weighted by atomic mass is 10.3. The lowest BCUT2D eigenvalue weighted by molar-refractivity contribution is -0.0155. The maximum Gasteiger partial charge on any atom is 0.421 e. The van der Waals surface area contributed by atoms with E-state index in [2.05, 4.69) is 11.8 Å². The fourth-order valence-electron chi connectivity index (χ4n) is 2.33. The number of oxazole rings is 1. The summed E-state index contributed by atoms with van der Waals surface area (Å²) in [4.78, 5) is 14.1. The van der Waals surface area contributed by atoms with Crippen molar-refractivity contribution in [3.63, 3.8) is 0 Å². The monoisotopic (exact) mass is 282 g/mol. The molecule has 1 saturated heterocycles. The van der Waals surface area contributed by atoms with Gasteiger partial charge in [-0.3, -0.25) is 9.47 Å². The predicted molar refractivity (Wildman–Crippen MR) is 72.5 cm³/mol. The number of hydrogen-bond donors (Lipinski definition) is 0. The van der Waals surface area contributed by atoms with Gasteiger partial charge in [-0.15, -0.1) is 0 Å². The van der Waals surface area contributed by atoms with Crippen LogP contribution < -0.4 is 5.76 Å². The first kappa shape index (κ1) is 12.7. The largest absolute Gasteiger partial charge is 0.421 e. The van der Waals surface area contributed by atoms with Crippen LogP contribution in [0.2, 0.25) is 5.02 Å². The SMILES string of the molecule is C[C@H]1COCCN1Cn1c(=O)oc2cc(Cl)ccc21. The molecule has 1 aliphatic heterocycles. The highest BCUT2D eigenvalue weighted by atomic mass is 35.5. The van der Waals surface area contributed by atoms with Crippen LogP contribution in [0.25, 0.3) is 11.1 Å². The van der Waals surface area contributed by atoms with Gasteiger partial charge in [-0.05, 0) is 19.1 Å². The van der Waals surface area contributed by atoms with Gasteiger partial charge in [-0.25, -0.2) is 4.79 Å².